The van der Waals surface area contributed by atoms with Gasteiger partial charge in [-0.3, -0.25) is 19.2 Å². The number of aromatic nitrogens is 2. The van der Waals surface area contributed by atoms with Crippen molar-refractivity contribution in [1.82, 2.24) is 14.5 Å². The van der Waals surface area contributed by atoms with Gasteiger partial charge in [0.2, 0.25) is 0 Å². The Labute approximate surface area is 125 Å². The number of nitrogens with one attached hydrogen (secondary N) is 1. The maximum absolute atomic E-state index is 12.0. The Balaban J connectivity index is 1.95. The lowest BCUT2D eigenvalue weighted by Gasteiger charge is -2.36. The van der Waals surface area contributed by atoms with E-state index in [-0.39, 0.29) is 6.61 Å². The number of aliphatic hydroxyl groups excluding tert-OH is 2. The molecule has 3 N–H and O–H groups in total. The summed E-state index contributed by atoms with van der Waals surface area (Å²) in [6.07, 6.45) is -1.16. The number of morpholine rings is 1. The average molecular weight is 313 g/mol. The predicted octanol–water partition coefficient (Wildman–Crippen LogP) is -2.51. The first-order chi connectivity index (χ1) is 10.6. The number of hydrogen-bond donors (Lipinski definition) is 3. The third kappa shape index (κ3) is 2.73. The zero-order chi connectivity index (χ0) is 15.7. The maximum atomic E-state index is 12.0. The SMILES string of the molecule is O=c1ccn([C@@H]2O[C@H](CO)[C@H](O)[C@H]2N2CCOCC2)c(=O)[nH]1. The standard InChI is InChI=1S/C13H19N3O6/c17-7-8-11(19)10(15-3-5-21-6-4-15)12(22-8)16-2-1-9(18)14-13(16)20/h1-2,8,10-12,17,19H,3-7H2,(H,14,18,20)/t8-,10-,11+,12-/m1/s1. The smallest absolute Gasteiger partial charge is 0.330 e. The summed E-state index contributed by atoms with van der Waals surface area (Å²) in [6, 6.07) is 0.726. The summed E-state index contributed by atoms with van der Waals surface area (Å²) >= 11 is 0. The lowest BCUT2D eigenvalue weighted by Crippen LogP contribution is -2.52. The molecule has 1 aromatic rings. The van der Waals surface area contributed by atoms with Crippen LogP contribution in [-0.4, -0.2) is 75.8 Å². The fourth-order valence-electron chi connectivity index (χ4n) is 3.01. The predicted molar refractivity (Wildman–Crippen MR) is 74.5 cm³/mol. The van der Waals surface area contributed by atoms with Gasteiger partial charge < -0.3 is 19.7 Å². The molecule has 0 aliphatic carbocycles. The van der Waals surface area contributed by atoms with Crippen LogP contribution in [0.5, 0.6) is 0 Å². The molecule has 0 aromatic carbocycles. The molecule has 122 valence electrons. The van der Waals surface area contributed by atoms with E-state index in [2.05, 4.69) is 4.98 Å². The van der Waals surface area contributed by atoms with Crippen molar-refractivity contribution < 1.29 is 19.7 Å². The summed E-state index contributed by atoms with van der Waals surface area (Å²) in [5.74, 6) is 0. The van der Waals surface area contributed by atoms with Crippen LogP contribution in [0.15, 0.2) is 21.9 Å². The van der Waals surface area contributed by atoms with E-state index in [4.69, 9.17) is 9.47 Å². The second-order valence-corrected chi connectivity index (χ2v) is 5.39. The number of ether oxygens (including phenoxy) is 2. The summed E-state index contributed by atoms with van der Waals surface area (Å²) in [5, 5.41) is 19.8. The molecule has 9 heteroatoms. The molecule has 4 atom stereocenters. The van der Waals surface area contributed by atoms with Crippen LogP contribution in [0.4, 0.5) is 0 Å². The van der Waals surface area contributed by atoms with E-state index in [1.165, 1.54) is 16.8 Å². The van der Waals surface area contributed by atoms with Gasteiger partial charge in [0.15, 0.2) is 6.23 Å². The summed E-state index contributed by atoms with van der Waals surface area (Å²) in [7, 11) is 0. The lowest BCUT2D eigenvalue weighted by atomic mass is 10.1. The van der Waals surface area contributed by atoms with E-state index < -0.39 is 35.7 Å². The van der Waals surface area contributed by atoms with Gasteiger partial charge in [0.25, 0.3) is 5.56 Å². The minimum absolute atomic E-state index is 0.351. The van der Waals surface area contributed by atoms with E-state index >= 15 is 0 Å². The van der Waals surface area contributed by atoms with Crippen molar-refractivity contribution in [2.75, 3.05) is 32.9 Å². The van der Waals surface area contributed by atoms with Gasteiger partial charge in [0.1, 0.15) is 12.2 Å². The van der Waals surface area contributed by atoms with Crippen LogP contribution in [0.2, 0.25) is 0 Å². The molecule has 9 nitrogen and oxygen atoms in total. The average Bonchev–Trinajstić information content (AvgIpc) is 2.84. The molecular weight excluding hydrogens is 294 g/mol. The van der Waals surface area contributed by atoms with Crippen molar-refractivity contribution in [3.05, 3.63) is 33.1 Å². The molecule has 22 heavy (non-hydrogen) atoms. The molecule has 2 fully saturated rings. The fraction of sp³-hybridized carbons (Fsp3) is 0.692. The summed E-state index contributed by atoms with van der Waals surface area (Å²) < 4.78 is 12.2. The Kier molecular flexibility index (Phi) is 4.41. The third-order valence-electron chi connectivity index (χ3n) is 4.11. The number of nitrogens with zero attached hydrogens (tertiary/aromatic N) is 2. The molecule has 0 unspecified atom stereocenters. The first kappa shape index (κ1) is 15.4. The second-order valence-electron chi connectivity index (χ2n) is 5.39. The van der Waals surface area contributed by atoms with Gasteiger partial charge in [-0.2, -0.15) is 0 Å². The highest BCUT2D eigenvalue weighted by molar-refractivity contribution is 4.98. The van der Waals surface area contributed by atoms with Crippen LogP contribution < -0.4 is 11.2 Å². The third-order valence-corrected chi connectivity index (χ3v) is 4.11. The Morgan fingerprint density at radius 3 is 2.68 bits per heavy atom. The number of rotatable bonds is 3. The van der Waals surface area contributed by atoms with Crippen molar-refractivity contribution in [2.24, 2.45) is 0 Å². The topological polar surface area (TPSA) is 117 Å². The van der Waals surface area contributed by atoms with Crippen LogP contribution >= 0.6 is 0 Å². The number of hydrogen-bond acceptors (Lipinski definition) is 7. The van der Waals surface area contributed by atoms with Gasteiger partial charge in [0.05, 0.1) is 25.9 Å². The summed E-state index contributed by atoms with van der Waals surface area (Å²) in [5.41, 5.74) is -1.11. The largest absolute Gasteiger partial charge is 0.394 e. The van der Waals surface area contributed by atoms with Crippen molar-refractivity contribution in [2.45, 2.75) is 24.5 Å². The van der Waals surface area contributed by atoms with E-state index in [1.807, 2.05) is 4.90 Å². The van der Waals surface area contributed by atoms with Gasteiger partial charge in [-0.1, -0.05) is 0 Å². The Bertz CT molecular complexity index is 623. The lowest BCUT2D eigenvalue weighted by molar-refractivity contribution is -0.0582. The van der Waals surface area contributed by atoms with Crippen LogP contribution in [0.3, 0.4) is 0 Å². The summed E-state index contributed by atoms with van der Waals surface area (Å²) in [6.45, 7) is 1.90. The maximum Gasteiger partial charge on any atom is 0.330 e. The highest BCUT2D eigenvalue weighted by Gasteiger charge is 2.47. The number of aliphatic hydroxyl groups is 2. The number of H-pyrrole nitrogens is 1. The van der Waals surface area contributed by atoms with Crippen molar-refractivity contribution in [3.8, 4) is 0 Å². The minimum Gasteiger partial charge on any atom is -0.394 e. The Morgan fingerprint density at radius 2 is 2.05 bits per heavy atom. The highest BCUT2D eigenvalue weighted by atomic mass is 16.5. The van der Waals surface area contributed by atoms with Gasteiger partial charge in [0, 0.05) is 25.4 Å². The molecule has 0 radical (unpaired) electrons. The molecule has 0 bridgehead atoms. The fourth-order valence-corrected chi connectivity index (χ4v) is 3.01. The molecule has 2 aliphatic heterocycles. The second kappa shape index (κ2) is 6.31. The van der Waals surface area contributed by atoms with Crippen LogP contribution in [0, 0.1) is 0 Å². The quantitative estimate of drug-likeness (QED) is 0.564. The first-order valence-corrected chi connectivity index (χ1v) is 7.19. The highest BCUT2D eigenvalue weighted by Crippen LogP contribution is 2.32. The monoisotopic (exact) mass is 313 g/mol. The molecule has 2 saturated heterocycles. The molecule has 3 heterocycles. The molecule has 1 aromatic heterocycles. The zero-order valence-corrected chi connectivity index (χ0v) is 11.9. The van der Waals surface area contributed by atoms with E-state index in [0.29, 0.717) is 26.3 Å². The molecule has 0 saturated carbocycles. The molecule has 0 spiro atoms. The Hall–Kier alpha value is -1.52. The molecule has 2 aliphatic rings. The normalized spacial score (nSPS) is 33.2. The molecule has 0 amide bonds. The summed E-state index contributed by atoms with van der Waals surface area (Å²) in [4.78, 5) is 27.3. The van der Waals surface area contributed by atoms with Crippen molar-refractivity contribution in [3.63, 3.8) is 0 Å². The van der Waals surface area contributed by atoms with Gasteiger partial charge in [-0.05, 0) is 0 Å². The zero-order valence-electron chi connectivity index (χ0n) is 11.9. The van der Waals surface area contributed by atoms with Gasteiger partial charge in [-0.15, -0.1) is 0 Å². The molecule has 3 rings (SSSR count). The number of aromatic amines is 1. The van der Waals surface area contributed by atoms with Gasteiger partial charge >= 0.3 is 5.69 Å². The van der Waals surface area contributed by atoms with Crippen molar-refractivity contribution in [1.29, 1.82) is 0 Å². The van der Waals surface area contributed by atoms with Crippen molar-refractivity contribution >= 4 is 0 Å². The van der Waals surface area contributed by atoms with Crippen LogP contribution in [-0.2, 0) is 9.47 Å². The van der Waals surface area contributed by atoms with Gasteiger partial charge in [-0.25, -0.2) is 4.79 Å². The minimum atomic E-state index is -0.938. The van der Waals surface area contributed by atoms with E-state index in [9.17, 15) is 19.8 Å². The van der Waals surface area contributed by atoms with Crippen LogP contribution in [0.25, 0.3) is 0 Å². The van der Waals surface area contributed by atoms with Crippen LogP contribution in [0.1, 0.15) is 6.23 Å². The van der Waals surface area contributed by atoms with E-state index in [1.54, 1.807) is 0 Å². The first-order valence-electron chi connectivity index (χ1n) is 7.19. The molecular formula is C13H19N3O6. The van der Waals surface area contributed by atoms with E-state index in [0.717, 1.165) is 0 Å². The Morgan fingerprint density at radius 1 is 1.32 bits per heavy atom.